The van der Waals surface area contributed by atoms with Crippen molar-refractivity contribution in [3.63, 3.8) is 0 Å². The van der Waals surface area contributed by atoms with E-state index in [1.165, 1.54) is 0 Å². The molecule has 0 spiro atoms. The molecule has 1 amide bonds. The molecule has 126 valence electrons. The molecule has 0 unspecified atom stereocenters. The molecule has 2 aromatic carbocycles. The van der Waals surface area contributed by atoms with Crippen molar-refractivity contribution in [2.24, 2.45) is 5.10 Å². The summed E-state index contributed by atoms with van der Waals surface area (Å²) in [5.41, 5.74) is 4.42. The Kier molecular flexibility index (Phi) is 6.19. The van der Waals surface area contributed by atoms with Gasteiger partial charge in [0.2, 0.25) is 0 Å². The number of nitrogens with one attached hydrogen (secondary N) is 1. The molecule has 2 rings (SSSR count). The first-order chi connectivity index (χ1) is 11.6. The molecule has 0 atom stereocenters. The third-order valence-corrected chi connectivity index (χ3v) is 3.24. The van der Waals surface area contributed by atoms with Crippen LogP contribution in [0.25, 0.3) is 0 Å². The van der Waals surface area contributed by atoms with Crippen LogP contribution in [0.3, 0.4) is 0 Å². The molecule has 0 saturated heterocycles. The Bertz CT molecular complexity index is 697. The SMILES string of the molecule is COc1ccccc1OCC(=O)N/N=C\c1ccc(N(C)C)cc1. The molecule has 0 aliphatic rings. The lowest BCUT2D eigenvalue weighted by atomic mass is 10.2. The minimum absolute atomic E-state index is 0.142. The van der Waals surface area contributed by atoms with Gasteiger partial charge in [0.1, 0.15) is 0 Å². The van der Waals surface area contributed by atoms with Crippen molar-refractivity contribution in [3.8, 4) is 11.5 Å². The Balaban J connectivity index is 1.82. The summed E-state index contributed by atoms with van der Waals surface area (Å²) in [7, 11) is 5.50. The second-order valence-corrected chi connectivity index (χ2v) is 5.22. The van der Waals surface area contributed by atoms with Crippen molar-refractivity contribution >= 4 is 17.8 Å². The quantitative estimate of drug-likeness (QED) is 0.626. The number of para-hydroxylation sites is 2. The van der Waals surface area contributed by atoms with Gasteiger partial charge in [-0.15, -0.1) is 0 Å². The van der Waals surface area contributed by atoms with E-state index < -0.39 is 0 Å². The van der Waals surface area contributed by atoms with E-state index in [1.807, 2.05) is 55.4 Å². The van der Waals surface area contributed by atoms with Crippen molar-refractivity contribution in [1.82, 2.24) is 5.43 Å². The maximum absolute atomic E-state index is 11.8. The predicted octanol–water partition coefficient (Wildman–Crippen LogP) is 2.29. The molecule has 0 aliphatic heterocycles. The first-order valence-electron chi connectivity index (χ1n) is 7.45. The number of carbonyl (C=O) groups is 1. The van der Waals surface area contributed by atoms with E-state index in [1.54, 1.807) is 25.5 Å². The number of hydrazone groups is 1. The minimum Gasteiger partial charge on any atom is -0.493 e. The minimum atomic E-state index is -0.345. The van der Waals surface area contributed by atoms with Crippen molar-refractivity contribution < 1.29 is 14.3 Å². The van der Waals surface area contributed by atoms with Gasteiger partial charge in [-0.2, -0.15) is 5.10 Å². The van der Waals surface area contributed by atoms with Crippen molar-refractivity contribution in [3.05, 3.63) is 54.1 Å². The standard InChI is InChI=1S/C18H21N3O3/c1-21(2)15-10-8-14(9-11-15)12-19-20-18(22)13-24-17-7-5-4-6-16(17)23-3/h4-12H,13H2,1-3H3,(H,20,22)/b19-12-. The largest absolute Gasteiger partial charge is 0.493 e. The van der Waals surface area contributed by atoms with E-state index in [0.717, 1.165) is 11.3 Å². The molecule has 1 N–H and O–H groups in total. The van der Waals surface area contributed by atoms with Crippen molar-refractivity contribution in [2.45, 2.75) is 0 Å². The summed E-state index contributed by atoms with van der Waals surface area (Å²) in [4.78, 5) is 13.8. The lowest BCUT2D eigenvalue weighted by molar-refractivity contribution is -0.123. The van der Waals surface area contributed by atoms with Crippen LogP contribution in [0.2, 0.25) is 0 Å². The van der Waals surface area contributed by atoms with Gasteiger partial charge in [0.25, 0.3) is 5.91 Å². The molecule has 0 radical (unpaired) electrons. The molecule has 0 bridgehead atoms. The average molecular weight is 327 g/mol. The van der Waals surface area contributed by atoms with Gasteiger partial charge < -0.3 is 14.4 Å². The Morgan fingerprint density at radius 1 is 1.12 bits per heavy atom. The molecule has 0 fully saturated rings. The van der Waals surface area contributed by atoms with Crippen LogP contribution in [0.1, 0.15) is 5.56 Å². The number of rotatable bonds is 7. The molecule has 6 nitrogen and oxygen atoms in total. The van der Waals surface area contributed by atoms with Crippen LogP contribution in [-0.2, 0) is 4.79 Å². The summed E-state index contributed by atoms with van der Waals surface area (Å²) < 4.78 is 10.6. The van der Waals surface area contributed by atoms with Crippen LogP contribution >= 0.6 is 0 Å². The molecule has 0 heterocycles. The zero-order chi connectivity index (χ0) is 17.4. The lowest BCUT2D eigenvalue weighted by Gasteiger charge is -2.11. The summed E-state index contributed by atoms with van der Waals surface area (Å²) in [6.07, 6.45) is 1.58. The number of ether oxygens (including phenoxy) is 2. The summed E-state index contributed by atoms with van der Waals surface area (Å²) in [5, 5.41) is 3.92. The highest BCUT2D eigenvalue weighted by molar-refractivity contribution is 5.83. The molecule has 24 heavy (non-hydrogen) atoms. The molecule has 0 saturated carbocycles. The molecular formula is C18H21N3O3. The number of carbonyl (C=O) groups excluding carboxylic acids is 1. The van der Waals surface area contributed by atoms with Crippen molar-refractivity contribution in [2.75, 3.05) is 32.7 Å². The van der Waals surface area contributed by atoms with Crippen LogP contribution in [0.15, 0.2) is 53.6 Å². The van der Waals surface area contributed by atoms with E-state index in [4.69, 9.17) is 9.47 Å². The summed E-state index contributed by atoms with van der Waals surface area (Å²) in [6, 6.07) is 15.0. The second-order valence-electron chi connectivity index (χ2n) is 5.22. The molecule has 6 heteroatoms. The summed E-state index contributed by atoms with van der Waals surface area (Å²) >= 11 is 0. The van der Waals surface area contributed by atoms with Crippen molar-refractivity contribution in [1.29, 1.82) is 0 Å². The fraction of sp³-hybridized carbons (Fsp3) is 0.222. The van der Waals surface area contributed by atoms with E-state index >= 15 is 0 Å². The van der Waals surface area contributed by atoms with Crippen LogP contribution in [0, 0.1) is 0 Å². The lowest BCUT2D eigenvalue weighted by Crippen LogP contribution is -2.24. The topological polar surface area (TPSA) is 63.2 Å². The van der Waals surface area contributed by atoms with E-state index in [-0.39, 0.29) is 12.5 Å². The third kappa shape index (κ3) is 5.01. The maximum Gasteiger partial charge on any atom is 0.277 e. The van der Waals surface area contributed by atoms with Gasteiger partial charge in [0.15, 0.2) is 18.1 Å². The predicted molar refractivity (Wildman–Crippen MR) is 95.0 cm³/mol. The number of nitrogens with zero attached hydrogens (tertiary/aromatic N) is 2. The summed E-state index contributed by atoms with van der Waals surface area (Å²) in [5.74, 6) is 0.746. The number of benzene rings is 2. The normalized spacial score (nSPS) is 10.5. The van der Waals surface area contributed by atoms with Crippen LogP contribution in [0.4, 0.5) is 5.69 Å². The van der Waals surface area contributed by atoms with Crippen LogP contribution in [-0.4, -0.2) is 39.9 Å². The molecule has 0 aromatic heterocycles. The van der Waals surface area contributed by atoms with E-state index in [9.17, 15) is 4.79 Å². The monoisotopic (exact) mass is 327 g/mol. The van der Waals surface area contributed by atoms with Gasteiger partial charge in [-0.1, -0.05) is 24.3 Å². The Morgan fingerprint density at radius 2 is 1.79 bits per heavy atom. The van der Waals surface area contributed by atoms with Gasteiger partial charge in [0, 0.05) is 19.8 Å². The Hall–Kier alpha value is -3.02. The molecular weight excluding hydrogens is 306 g/mol. The maximum atomic E-state index is 11.8. The number of amides is 1. The van der Waals surface area contributed by atoms with Gasteiger partial charge >= 0.3 is 0 Å². The fourth-order valence-electron chi connectivity index (χ4n) is 1.95. The van der Waals surface area contributed by atoms with Crippen LogP contribution in [0.5, 0.6) is 11.5 Å². The first kappa shape index (κ1) is 17.3. The first-order valence-corrected chi connectivity index (χ1v) is 7.45. The zero-order valence-electron chi connectivity index (χ0n) is 14.0. The highest BCUT2D eigenvalue weighted by atomic mass is 16.5. The number of anilines is 1. The highest BCUT2D eigenvalue weighted by Crippen LogP contribution is 2.25. The van der Waals surface area contributed by atoms with Crippen LogP contribution < -0.4 is 19.8 Å². The third-order valence-electron chi connectivity index (χ3n) is 3.24. The van der Waals surface area contributed by atoms with E-state index in [0.29, 0.717) is 11.5 Å². The highest BCUT2D eigenvalue weighted by Gasteiger charge is 2.05. The molecule has 2 aromatic rings. The van der Waals surface area contributed by atoms with Gasteiger partial charge in [0.05, 0.1) is 13.3 Å². The summed E-state index contributed by atoms with van der Waals surface area (Å²) in [6.45, 7) is -0.142. The number of methoxy groups -OCH3 is 1. The second kappa shape index (κ2) is 8.57. The smallest absolute Gasteiger partial charge is 0.277 e. The van der Waals surface area contributed by atoms with Gasteiger partial charge in [-0.25, -0.2) is 5.43 Å². The number of hydrogen-bond donors (Lipinski definition) is 1. The zero-order valence-corrected chi connectivity index (χ0v) is 14.0. The van der Waals surface area contributed by atoms with E-state index in [2.05, 4.69) is 10.5 Å². The fourth-order valence-corrected chi connectivity index (χ4v) is 1.95. The van der Waals surface area contributed by atoms with Gasteiger partial charge in [-0.3, -0.25) is 4.79 Å². The Morgan fingerprint density at radius 3 is 2.42 bits per heavy atom. The van der Waals surface area contributed by atoms with Gasteiger partial charge in [-0.05, 0) is 29.8 Å². The molecule has 0 aliphatic carbocycles. The Labute approximate surface area is 141 Å². The number of hydrogen-bond acceptors (Lipinski definition) is 5. The average Bonchev–Trinajstić information content (AvgIpc) is 2.60.